The summed E-state index contributed by atoms with van der Waals surface area (Å²) in [4.78, 5) is 24.8. The minimum Gasteiger partial charge on any atom is -0.497 e. The summed E-state index contributed by atoms with van der Waals surface area (Å²) in [6.45, 7) is 1.22. The molecule has 0 aromatic heterocycles. The van der Waals surface area contributed by atoms with E-state index in [0.29, 0.717) is 11.5 Å². The van der Waals surface area contributed by atoms with Crippen molar-refractivity contribution < 1.29 is 28.5 Å². The number of halogens is 2. The quantitative estimate of drug-likeness (QED) is 0.420. The van der Waals surface area contributed by atoms with Crippen LogP contribution in [-0.2, 0) is 9.59 Å². The highest BCUT2D eigenvalue weighted by Crippen LogP contribution is 2.41. The number of hydrogen-bond donors (Lipinski definition) is 1. The maximum Gasteiger partial charge on any atom is 0.258 e. The van der Waals surface area contributed by atoms with Gasteiger partial charge in [0.2, 0.25) is 6.04 Å². The van der Waals surface area contributed by atoms with Gasteiger partial charge in [-0.05, 0) is 19.1 Å². The number of nitrogens with one attached hydrogen (secondary N) is 1. The van der Waals surface area contributed by atoms with Crippen LogP contribution in [0.3, 0.4) is 0 Å². The van der Waals surface area contributed by atoms with Crippen LogP contribution < -0.4 is 24.3 Å². The molecule has 0 aliphatic heterocycles. The van der Waals surface area contributed by atoms with Crippen molar-refractivity contribution in [1.29, 1.82) is 0 Å². The van der Waals surface area contributed by atoms with Crippen LogP contribution in [0, 0.1) is 0 Å². The second-order valence-electron chi connectivity index (χ2n) is 6.04. The Morgan fingerprint density at radius 2 is 1.61 bits per heavy atom. The molecule has 0 saturated heterocycles. The Labute approximate surface area is 189 Å². The number of methoxy groups -OCH3 is 4. The molecular formula is C20H21Cl2N3O6. The maximum atomic E-state index is 12.7. The van der Waals surface area contributed by atoms with Gasteiger partial charge in [-0.15, -0.1) is 0 Å². The summed E-state index contributed by atoms with van der Waals surface area (Å²) in [7, 11) is 5.76. The first kappa shape index (κ1) is 24.2. The molecule has 11 heteroatoms. The molecule has 1 unspecified atom stereocenters. The van der Waals surface area contributed by atoms with E-state index in [1.807, 2.05) is 0 Å². The van der Waals surface area contributed by atoms with Gasteiger partial charge in [0.15, 0.2) is 17.3 Å². The van der Waals surface area contributed by atoms with E-state index in [1.165, 1.54) is 47.5 Å². The van der Waals surface area contributed by atoms with Crippen molar-refractivity contribution in [2.24, 2.45) is 10.2 Å². The van der Waals surface area contributed by atoms with E-state index in [2.05, 4.69) is 15.5 Å². The van der Waals surface area contributed by atoms with Crippen molar-refractivity contribution >= 4 is 46.3 Å². The number of rotatable bonds is 9. The van der Waals surface area contributed by atoms with Crippen LogP contribution in [0.15, 0.2) is 34.5 Å². The number of ketones is 1. The Hall–Kier alpha value is -3.04. The topological polar surface area (TPSA) is 108 Å². The van der Waals surface area contributed by atoms with Gasteiger partial charge in [-0.2, -0.15) is 10.2 Å². The third-order valence-corrected chi connectivity index (χ3v) is 4.86. The number of benzene rings is 2. The Balaban J connectivity index is 2.34. The number of Topliss-reactive ketones (excluding diaryl/α,β-unsaturated/α-hetero) is 1. The monoisotopic (exact) mass is 469 g/mol. The van der Waals surface area contributed by atoms with Gasteiger partial charge in [0.05, 0.1) is 34.1 Å². The molecule has 0 bridgehead atoms. The van der Waals surface area contributed by atoms with Crippen LogP contribution >= 0.6 is 23.2 Å². The SMILES string of the molecule is COc1cc(NC(=O)C(N=Nc2ccc(OC)c(OC)c2Cl)C(C)=O)c(Cl)c(OC)c1. The molecule has 0 aliphatic carbocycles. The van der Waals surface area contributed by atoms with Crippen molar-refractivity contribution in [3.63, 3.8) is 0 Å². The van der Waals surface area contributed by atoms with Gasteiger partial charge in [0.1, 0.15) is 27.2 Å². The second-order valence-corrected chi connectivity index (χ2v) is 6.80. The number of carbonyl (C=O) groups excluding carboxylic acids is 2. The summed E-state index contributed by atoms with van der Waals surface area (Å²) < 4.78 is 20.7. The average molecular weight is 470 g/mol. The minimum absolute atomic E-state index is 0.119. The van der Waals surface area contributed by atoms with E-state index in [4.69, 9.17) is 42.1 Å². The molecule has 1 N–H and O–H groups in total. The average Bonchev–Trinajstić information content (AvgIpc) is 2.75. The Kier molecular flexibility index (Phi) is 8.47. The summed E-state index contributed by atoms with van der Waals surface area (Å²) in [6, 6.07) is 4.69. The van der Waals surface area contributed by atoms with E-state index < -0.39 is 17.7 Å². The Morgan fingerprint density at radius 3 is 2.16 bits per heavy atom. The fourth-order valence-corrected chi connectivity index (χ4v) is 3.03. The van der Waals surface area contributed by atoms with Crippen LogP contribution in [0.5, 0.6) is 23.0 Å². The molecule has 166 valence electrons. The molecule has 9 nitrogen and oxygen atoms in total. The number of carbonyl (C=O) groups is 2. The molecule has 0 spiro atoms. The lowest BCUT2D eigenvalue weighted by Crippen LogP contribution is -2.32. The lowest BCUT2D eigenvalue weighted by molar-refractivity contribution is -0.126. The third-order valence-electron chi connectivity index (χ3n) is 4.11. The number of azo groups is 1. The molecule has 0 aliphatic rings. The van der Waals surface area contributed by atoms with Crippen molar-refractivity contribution in [3.8, 4) is 23.0 Å². The van der Waals surface area contributed by atoms with Gasteiger partial charge < -0.3 is 24.3 Å². The zero-order valence-electron chi connectivity index (χ0n) is 17.5. The highest BCUT2D eigenvalue weighted by Gasteiger charge is 2.25. The zero-order chi connectivity index (χ0) is 23.1. The number of amides is 1. The minimum atomic E-state index is -1.45. The smallest absolute Gasteiger partial charge is 0.258 e. The van der Waals surface area contributed by atoms with Gasteiger partial charge in [-0.1, -0.05) is 23.2 Å². The summed E-state index contributed by atoms with van der Waals surface area (Å²) in [5.41, 5.74) is 0.382. The second kappa shape index (κ2) is 10.8. The fourth-order valence-electron chi connectivity index (χ4n) is 2.53. The van der Waals surface area contributed by atoms with E-state index in [9.17, 15) is 9.59 Å². The summed E-state index contributed by atoms with van der Waals surface area (Å²) >= 11 is 12.5. The van der Waals surface area contributed by atoms with Crippen molar-refractivity contribution in [3.05, 3.63) is 34.3 Å². The van der Waals surface area contributed by atoms with Crippen molar-refractivity contribution in [1.82, 2.24) is 0 Å². The predicted octanol–water partition coefficient (Wildman–Crippen LogP) is 4.71. The van der Waals surface area contributed by atoms with Gasteiger partial charge in [-0.3, -0.25) is 9.59 Å². The molecule has 0 saturated carbocycles. The molecular weight excluding hydrogens is 449 g/mol. The van der Waals surface area contributed by atoms with Crippen molar-refractivity contribution in [2.45, 2.75) is 13.0 Å². The van der Waals surface area contributed by atoms with E-state index >= 15 is 0 Å². The molecule has 0 heterocycles. The first-order valence-electron chi connectivity index (χ1n) is 8.81. The van der Waals surface area contributed by atoms with Crippen LogP contribution in [0.1, 0.15) is 6.92 Å². The lowest BCUT2D eigenvalue weighted by Gasteiger charge is -2.14. The highest BCUT2D eigenvalue weighted by molar-refractivity contribution is 6.35. The normalized spacial score (nSPS) is 11.7. The van der Waals surface area contributed by atoms with Crippen LogP contribution in [0.25, 0.3) is 0 Å². The first-order chi connectivity index (χ1) is 14.8. The van der Waals surface area contributed by atoms with Gasteiger partial charge in [0, 0.05) is 12.1 Å². The zero-order valence-corrected chi connectivity index (χ0v) is 19.0. The highest BCUT2D eigenvalue weighted by atomic mass is 35.5. The van der Waals surface area contributed by atoms with Gasteiger partial charge in [-0.25, -0.2) is 0 Å². The molecule has 2 aromatic rings. The maximum absolute atomic E-state index is 12.7. The molecule has 2 rings (SSSR count). The Bertz CT molecular complexity index is 1010. The standard InChI is InChI=1S/C20H21Cl2N3O6/c1-10(26)18(25-24-12-6-7-14(29-3)19(31-5)17(12)22)20(27)23-13-8-11(28-2)9-15(30-4)16(13)21/h6-9,18H,1-5H3,(H,23,27). The van der Waals surface area contributed by atoms with Crippen LogP contribution in [-0.4, -0.2) is 46.2 Å². The number of anilines is 1. The van der Waals surface area contributed by atoms with Crippen LogP contribution in [0.2, 0.25) is 10.0 Å². The summed E-state index contributed by atoms with van der Waals surface area (Å²) in [5, 5.41) is 10.6. The number of nitrogens with zero attached hydrogens (tertiary/aromatic N) is 2. The van der Waals surface area contributed by atoms with Gasteiger partial charge in [0.25, 0.3) is 5.91 Å². The summed E-state index contributed by atoms with van der Waals surface area (Å²) in [5.74, 6) is 0.0478. The fraction of sp³-hybridized carbons (Fsp3) is 0.300. The van der Waals surface area contributed by atoms with E-state index in [0.717, 1.165) is 0 Å². The number of hydrogen-bond acceptors (Lipinski definition) is 8. The lowest BCUT2D eigenvalue weighted by atomic mass is 10.2. The summed E-state index contributed by atoms with van der Waals surface area (Å²) in [6.07, 6.45) is 0. The Morgan fingerprint density at radius 1 is 0.935 bits per heavy atom. The van der Waals surface area contributed by atoms with Crippen molar-refractivity contribution in [2.75, 3.05) is 33.8 Å². The molecule has 31 heavy (non-hydrogen) atoms. The van der Waals surface area contributed by atoms with Gasteiger partial charge >= 0.3 is 0 Å². The van der Waals surface area contributed by atoms with Crippen LogP contribution in [0.4, 0.5) is 11.4 Å². The molecule has 0 radical (unpaired) electrons. The third kappa shape index (κ3) is 5.56. The van der Waals surface area contributed by atoms with E-state index in [1.54, 1.807) is 12.1 Å². The number of ether oxygens (including phenoxy) is 4. The van der Waals surface area contributed by atoms with E-state index in [-0.39, 0.29) is 32.9 Å². The molecule has 1 atom stereocenters. The molecule has 2 aromatic carbocycles. The first-order valence-corrected chi connectivity index (χ1v) is 9.57. The molecule has 0 fully saturated rings. The largest absolute Gasteiger partial charge is 0.497 e. The predicted molar refractivity (Wildman–Crippen MR) is 117 cm³/mol. The molecule has 1 amide bonds.